The third-order valence-corrected chi connectivity index (χ3v) is 4.67. The van der Waals surface area contributed by atoms with E-state index >= 15 is 0 Å². The fourth-order valence-electron chi connectivity index (χ4n) is 2.57. The molecule has 0 aliphatic carbocycles. The molecule has 0 radical (unpaired) electrons. The third-order valence-electron chi connectivity index (χ3n) is 3.99. The fourth-order valence-corrected chi connectivity index (χ4v) is 3.01. The van der Waals surface area contributed by atoms with E-state index in [4.69, 9.17) is 9.47 Å². The van der Waals surface area contributed by atoms with Crippen LogP contribution in [-0.2, 0) is 9.59 Å². The minimum atomic E-state index is -0.461. The maximum Gasteiger partial charge on any atom is 0.282 e. The van der Waals surface area contributed by atoms with Crippen molar-refractivity contribution in [3.63, 3.8) is 0 Å². The first-order chi connectivity index (χ1) is 12.4. The van der Waals surface area contributed by atoms with Crippen molar-refractivity contribution in [2.75, 3.05) is 19.2 Å². The molecule has 3 rings (SSSR count). The predicted octanol–water partition coefficient (Wildman–Crippen LogP) is 3.24. The zero-order valence-corrected chi connectivity index (χ0v) is 16.1. The van der Waals surface area contributed by atoms with Crippen LogP contribution in [0.3, 0.4) is 0 Å². The average molecular weight is 417 g/mol. The molecule has 0 bridgehead atoms. The van der Waals surface area contributed by atoms with Gasteiger partial charge in [0.1, 0.15) is 5.57 Å². The van der Waals surface area contributed by atoms with Crippen molar-refractivity contribution in [1.29, 1.82) is 0 Å². The van der Waals surface area contributed by atoms with Crippen LogP contribution >= 0.6 is 15.9 Å². The second-order valence-electron chi connectivity index (χ2n) is 5.70. The lowest BCUT2D eigenvalue weighted by atomic mass is 10.1. The fraction of sp³-hybridized carbons (Fsp3) is 0.158. The molecule has 134 valence electrons. The molecule has 2 aromatic carbocycles. The van der Waals surface area contributed by atoms with E-state index in [1.165, 1.54) is 25.3 Å². The number of ether oxygens (including phenoxy) is 2. The molecule has 0 unspecified atom stereocenters. The number of rotatable bonds is 4. The van der Waals surface area contributed by atoms with Crippen LogP contribution < -0.4 is 19.9 Å². The van der Waals surface area contributed by atoms with Gasteiger partial charge in [0.05, 0.1) is 19.9 Å². The Morgan fingerprint density at radius 3 is 2.27 bits per heavy atom. The maximum atomic E-state index is 12.7. The Hall–Kier alpha value is -2.80. The van der Waals surface area contributed by atoms with Crippen molar-refractivity contribution in [3.8, 4) is 11.5 Å². The van der Waals surface area contributed by atoms with Gasteiger partial charge in [-0.3, -0.25) is 15.0 Å². The number of aryl methyl sites for hydroxylation is 1. The van der Waals surface area contributed by atoms with Crippen LogP contribution in [0.4, 0.5) is 5.69 Å². The largest absolute Gasteiger partial charge is 0.493 e. The molecule has 7 heteroatoms. The van der Waals surface area contributed by atoms with E-state index in [0.29, 0.717) is 27.2 Å². The Kier molecular flexibility index (Phi) is 4.99. The molecule has 1 heterocycles. The molecule has 0 aromatic heterocycles. The quantitative estimate of drug-likeness (QED) is 0.613. The van der Waals surface area contributed by atoms with E-state index in [-0.39, 0.29) is 5.57 Å². The van der Waals surface area contributed by atoms with Crippen LogP contribution in [0, 0.1) is 6.92 Å². The lowest BCUT2D eigenvalue weighted by Crippen LogP contribution is -2.35. The van der Waals surface area contributed by atoms with Gasteiger partial charge < -0.3 is 9.47 Å². The van der Waals surface area contributed by atoms with E-state index in [1.54, 1.807) is 24.3 Å². The maximum absolute atomic E-state index is 12.7. The Balaban J connectivity index is 1.98. The highest BCUT2D eigenvalue weighted by Gasteiger charge is 2.34. The van der Waals surface area contributed by atoms with E-state index in [0.717, 1.165) is 5.56 Å². The highest BCUT2D eigenvalue weighted by atomic mass is 79.9. The Morgan fingerprint density at radius 1 is 1.04 bits per heavy atom. The molecule has 1 fully saturated rings. The average Bonchev–Trinajstić information content (AvgIpc) is 2.91. The van der Waals surface area contributed by atoms with Gasteiger partial charge in [0.25, 0.3) is 11.8 Å². The molecule has 1 N–H and O–H groups in total. The minimum Gasteiger partial charge on any atom is -0.493 e. The summed E-state index contributed by atoms with van der Waals surface area (Å²) in [6.45, 7) is 1.95. The number of methoxy groups -OCH3 is 2. The zero-order chi connectivity index (χ0) is 18.8. The first-order valence-electron chi connectivity index (χ1n) is 7.80. The molecule has 1 aliphatic heterocycles. The van der Waals surface area contributed by atoms with Gasteiger partial charge in [-0.05, 0) is 42.8 Å². The van der Waals surface area contributed by atoms with Crippen molar-refractivity contribution in [1.82, 2.24) is 5.43 Å². The van der Waals surface area contributed by atoms with Gasteiger partial charge in [-0.1, -0.05) is 33.6 Å². The summed E-state index contributed by atoms with van der Waals surface area (Å²) in [5, 5.41) is 1.24. The zero-order valence-electron chi connectivity index (χ0n) is 14.5. The molecule has 0 saturated carbocycles. The van der Waals surface area contributed by atoms with Crippen molar-refractivity contribution in [3.05, 3.63) is 57.6 Å². The van der Waals surface area contributed by atoms with Crippen LogP contribution in [0.25, 0.3) is 6.08 Å². The monoisotopic (exact) mass is 416 g/mol. The lowest BCUT2D eigenvalue weighted by molar-refractivity contribution is -0.117. The number of carbonyl (C=O) groups is 2. The summed E-state index contributed by atoms with van der Waals surface area (Å²) in [6, 6.07) is 10.7. The summed E-state index contributed by atoms with van der Waals surface area (Å²) in [6.07, 6.45) is 1.53. The number of nitrogens with zero attached hydrogens (tertiary/aromatic N) is 1. The van der Waals surface area contributed by atoms with E-state index in [9.17, 15) is 9.59 Å². The van der Waals surface area contributed by atoms with Gasteiger partial charge in [-0.25, -0.2) is 5.01 Å². The molecule has 26 heavy (non-hydrogen) atoms. The first-order valence-corrected chi connectivity index (χ1v) is 8.59. The number of hydrazine groups is 1. The highest BCUT2D eigenvalue weighted by molar-refractivity contribution is 9.10. The van der Waals surface area contributed by atoms with Gasteiger partial charge in [0.2, 0.25) is 0 Å². The Morgan fingerprint density at radius 2 is 1.65 bits per heavy atom. The number of amides is 2. The van der Waals surface area contributed by atoms with Crippen molar-refractivity contribution >= 4 is 39.5 Å². The number of halogens is 1. The molecule has 2 amide bonds. The lowest BCUT2D eigenvalue weighted by Gasteiger charge is -2.14. The smallest absolute Gasteiger partial charge is 0.282 e. The van der Waals surface area contributed by atoms with Crippen molar-refractivity contribution in [2.45, 2.75) is 6.92 Å². The standard InChI is InChI=1S/C19H17BrN2O4/c1-11-4-6-13(7-5-11)22-19(24)14(18(23)21-22)8-12-9-16(25-2)17(26-3)10-15(12)20/h4-10H,1-3H3,(H,21,23)/b14-8-. The molecular weight excluding hydrogens is 400 g/mol. The van der Waals surface area contributed by atoms with Crippen LogP contribution in [0.5, 0.6) is 11.5 Å². The first kappa shape index (κ1) is 18.0. The van der Waals surface area contributed by atoms with Gasteiger partial charge in [0, 0.05) is 4.47 Å². The molecular formula is C19H17BrN2O4. The topological polar surface area (TPSA) is 67.9 Å². The number of nitrogens with one attached hydrogen (secondary N) is 1. The number of carbonyl (C=O) groups excluding carboxylic acids is 2. The summed E-state index contributed by atoms with van der Waals surface area (Å²) in [5.41, 5.74) is 4.92. The third kappa shape index (κ3) is 3.30. The van der Waals surface area contributed by atoms with Crippen LogP contribution in [0.15, 0.2) is 46.4 Å². The summed E-state index contributed by atoms with van der Waals surface area (Å²) >= 11 is 3.43. The predicted molar refractivity (Wildman–Crippen MR) is 102 cm³/mol. The summed E-state index contributed by atoms with van der Waals surface area (Å²) in [4.78, 5) is 25.0. The minimum absolute atomic E-state index is 0.0403. The van der Waals surface area contributed by atoms with Gasteiger partial charge in [0.15, 0.2) is 11.5 Å². The normalized spacial score (nSPS) is 15.4. The summed E-state index contributed by atoms with van der Waals surface area (Å²) < 4.78 is 11.2. The molecule has 2 aromatic rings. The molecule has 0 spiro atoms. The van der Waals surface area contributed by atoms with Gasteiger partial charge >= 0.3 is 0 Å². The van der Waals surface area contributed by atoms with E-state index in [2.05, 4.69) is 21.4 Å². The number of anilines is 1. The second kappa shape index (κ2) is 7.21. The van der Waals surface area contributed by atoms with Crippen molar-refractivity contribution < 1.29 is 19.1 Å². The number of hydrogen-bond donors (Lipinski definition) is 1. The van der Waals surface area contributed by atoms with Crippen molar-refractivity contribution in [2.24, 2.45) is 0 Å². The van der Waals surface area contributed by atoms with Gasteiger partial charge in [-0.2, -0.15) is 0 Å². The van der Waals surface area contributed by atoms with E-state index in [1.807, 2.05) is 19.1 Å². The Labute approximate surface area is 159 Å². The number of hydrogen-bond acceptors (Lipinski definition) is 4. The number of benzene rings is 2. The SMILES string of the molecule is COc1cc(Br)c(/C=C2/C(=O)NN(c3ccc(C)cc3)C2=O)cc1OC. The van der Waals surface area contributed by atoms with Crippen LogP contribution in [0.1, 0.15) is 11.1 Å². The molecule has 1 aliphatic rings. The van der Waals surface area contributed by atoms with Gasteiger partial charge in [-0.15, -0.1) is 0 Å². The Bertz CT molecular complexity index is 907. The highest BCUT2D eigenvalue weighted by Crippen LogP contribution is 2.35. The summed E-state index contributed by atoms with van der Waals surface area (Å²) in [5.74, 6) is 0.173. The second-order valence-corrected chi connectivity index (χ2v) is 6.56. The summed E-state index contributed by atoms with van der Waals surface area (Å²) in [7, 11) is 3.06. The van der Waals surface area contributed by atoms with Crippen LogP contribution in [-0.4, -0.2) is 26.0 Å². The molecule has 6 nitrogen and oxygen atoms in total. The van der Waals surface area contributed by atoms with E-state index < -0.39 is 11.8 Å². The van der Waals surface area contributed by atoms with Crippen LogP contribution in [0.2, 0.25) is 0 Å². The molecule has 0 atom stereocenters. The molecule has 1 saturated heterocycles.